The summed E-state index contributed by atoms with van der Waals surface area (Å²) in [6, 6.07) is 24.3. The van der Waals surface area contributed by atoms with Crippen LogP contribution in [-0.2, 0) is 16.4 Å². The fraction of sp³-hybridized carbons (Fsp3) is 0.192. The summed E-state index contributed by atoms with van der Waals surface area (Å²) in [5.74, 6) is -0.209. The van der Waals surface area contributed by atoms with Crippen LogP contribution in [0.5, 0.6) is 5.75 Å². The molecule has 176 valence electrons. The minimum Gasteiger partial charge on any atom is -0.506 e. The Bertz CT molecular complexity index is 1370. The lowest BCUT2D eigenvalue weighted by Crippen LogP contribution is -2.28. The second kappa shape index (κ2) is 10.2. The van der Waals surface area contributed by atoms with Gasteiger partial charge in [-0.2, -0.15) is 0 Å². The van der Waals surface area contributed by atoms with Crippen LogP contribution in [0.15, 0.2) is 85.1 Å². The molecule has 0 aliphatic heterocycles. The van der Waals surface area contributed by atoms with Crippen LogP contribution in [-0.4, -0.2) is 36.4 Å². The third-order valence-electron chi connectivity index (χ3n) is 5.60. The van der Waals surface area contributed by atoms with Gasteiger partial charge in [0.25, 0.3) is 0 Å². The maximum absolute atomic E-state index is 11.6. The van der Waals surface area contributed by atoms with Gasteiger partial charge in [0.2, 0.25) is 10.0 Å². The SMILES string of the molecule is CS(=O)(=O)Nc1cc([C@@H](O)CNC(Cc2ccccc2)c2ccnc3ccccc23)ccc1O. The van der Waals surface area contributed by atoms with Gasteiger partial charge in [-0.25, -0.2) is 8.42 Å². The molecule has 0 aliphatic carbocycles. The van der Waals surface area contributed by atoms with E-state index in [1.54, 1.807) is 12.3 Å². The first-order valence-electron chi connectivity index (χ1n) is 10.9. The number of phenols is 1. The van der Waals surface area contributed by atoms with Crippen molar-refractivity contribution in [3.05, 3.63) is 102 Å². The maximum atomic E-state index is 11.6. The Morgan fingerprint density at radius 1 is 0.971 bits per heavy atom. The average Bonchev–Trinajstić information content (AvgIpc) is 2.82. The van der Waals surface area contributed by atoms with Gasteiger partial charge in [-0.3, -0.25) is 9.71 Å². The van der Waals surface area contributed by atoms with Crippen molar-refractivity contribution < 1.29 is 18.6 Å². The molecule has 2 atom stereocenters. The van der Waals surface area contributed by atoms with Crippen LogP contribution in [0.1, 0.15) is 28.8 Å². The molecule has 1 aromatic heterocycles. The van der Waals surface area contributed by atoms with Gasteiger partial charge >= 0.3 is 0 Å². The molecule has 0 saturated carbocycles. The number of aromatic nitrogens is 1. The highest BCUT2D eigenvalue weighted by atomic mass is 32.2. The third kappa shape index (κ3) is 5.91. The van der Waals surface area contributed by atoms with Crippen molar-refractivity contribution in [2.75, 3.05) is 17.5 Å². The summed E-state index contributed by atoms with van der Waals surface area (Å²) in [7, 11) is -3.57. The van der Waals surface area contributed by atoms with E-state index in [1.165, 1.54) is 12.1 Å². The Morgan fingerprint density at radius 2 is 1.71 bits per heavy atom. The van der Waals surface area contributed by atoms with Crippen molar-refractivity contribution in [2.24, 2.45) is 0 Å². The summed E-state index contributed by atoms with van der Waals surface area (Å²) in [5.41, 5.74) is 3.64. The first kappa shape index (κ1) is 23.7. The molecule has 1 unspecified atom stereocenters. The Kier molecular flexibility index (Phi) is 7.12. The molecule has 4 N–H and O–H groups in total. The first-order valence-corrected chi connectivity index (χ1v) is 12.8. The van der Waals surface area contributed by atoms with E-state index >= 15 is 0 Å². The van der Waals surface area contributed by atoms with Crippen LogP contribution < -0.4 is 10.0 Å². The lowest BCUT2D eigenvalue weighted by atomic mass is 9.95. The molecule has 0 radical (unpaired) electrons. The fourth-order valence-electron chi connectivity index (χ4n) is 3.98. The molecule has 4 rings (SSSR count). The van der Waals surface area contributed by atoms with Crippen molar-refractivity contribution in [3.63, 3.8) is 0 Å². The molecule has 0 aliphatic rings. The lowest BCUT2D eigenvalue weighted by Gasteiger charge is -2.23. The number of nitrogens with zero attached hydrogens (tertiary/aromatic N) is 1. The molecule has 4 aromatic rings. The number of aliphatic hydroxyl groups excluding tert-OH is 1. The zero-order valence-electron chi connectivity index (χ0n) is 18.7. The zero-order valence-corrected chi connectivity index (χ0v) is 19.5. The Labute approximate surface area is 199 Å². The van der Waals surface area contributed by atoms with Gasteiger partial charge in [0.05, 0.1) is 23.6 Å². The Morgan fingerprint density at radius 3 is 2.47 bits per heavy atom. The number of pyridine rings is 1. The third-order valence-corrected chi connectivity index (χ3v) is 6.19. The van der Waals surface area contributed by atoms with Crippen molar-refractivity contribution in [1.29, 1.82) is 0 Å². The highest BCUT2D eigenvalue weighted by molar-refractivity contribution is 7.92. The number of hydrogen-bond acceptors (Lipinski definition) is 6. The van der Waals surface area contributed by atoms with Crippen LogP contribution in [0.2, 0.25) is 0 Å². The molecule has 0 fully saturated rings. The summed E-state index contributed by atoms with van der Waals surface area (Å²) in [4.78, 5) is 4.46. The Balaban J connectivity index is 1.59. The number of phenolic OH excluding ortho intramolecular Hbond substituents is 1. The van der Waals surface area contributed by atoms with Gasteiger partial charge in [0.15, 0.2) is 0 Å². The molecule has 0 spiro atoms. The number of nitrogens with one attached hydrogen (secondary N) is 2. The topological polar surface area (TPSA) is 112 Å². The smallest absolute Gasteiger partial charge is 0.229 e. The largest absolute Gasteiger partial charge is 0.506 e. The number of fused-ring (bicyclic) bond motifs is 1. The van der Waals surface area contributed by atoms with Crippen LogP contribution in [0.25, 0.3) is 10.9 Å². The lowest BCUT2D eigenvalue weighted by molar-refractivity contribution is 0.169. The van der Waals surface area contributed by atoms with Gasteiger partial charge in [0.1, 0.15) is 5.75 Å². The summed E-state index contributed by atoms with van der Waals surface area (Å²) in [6.45, 7) is 0.219. The van der Waals surface area contributed by atoms with Crippen molar-refractivity contribution in [3.8, 4) is 5.75 Å². The normalized spacial score (nSPS) is 13.5. The van der Waals surface area contributed by atoms with Gasteiger partial charge in [-0.1, -0.05) is 54.6 Å². The molecule has 0 saturated heterocycles. The highest BCUT2D eigenvalue weighted by Gasteiger charge is 2.19. The molecule has 1 heterocycles. The molecule has 0 bridgehead atoms. The number of aromatic hydroxyl groups is 1. The maximum Gasteiger partial charge on any atom is 0.229 e. The van der Waals surface area contributed by atoms with Crippen molar-refractivity contribution in [2.45, 2.75) is 18.6 Å². The molecule has 3 aromatic carbocycles. The second-order valence-corrected chi connectivity index (χ2v) is 9.98. The van der Waals surface area contributed by atoms with E-state index < -0.39 is 16.1 Å². The fourth-order valence-corrected chi connectivity index (χ4v) is 4.54. The minimum absolute atomic E-state index is 0.0278. The quantitative estimate of drug-likeness (QED) is 0.272. The van der Waals surface area contributed by atoms with E-state index in [9.17, 15) is 18.6 Å². The average molecular weight is 478 g/mol. The van der Waals surface area contributed by atoms with E-state index in [2.05, 4.69) is 27.2 Å². The minimum atomic E-state index is -3.57. The number of para-hydroxylation sites is 1. The standard InChI is InChI=1S/C26H27N3O4S/c1-34(32,33)29-24-16-19(11-12-25(24)30)26(31)17-28-23(15-18-7-3-2-4-8-18)21-13-14-27-22-10-6-5-9-20(21)22/h2-14,16,23,26,28-31H,15,17H2,1H3/t23?,26-/m0/s1. The highest BCUT2D eigenvalue weighted by Crippen LogP contribution is 2.29. The predicted octanol–water partition coefficient (Wildman–Crippen LogP) is 3.92. The molecule has 8 heteroatoms. The van der Waals surface area contributed by atoms with E-state index in [1.807, 2.05) is 48.5 Å². The molecular formula is C26H27N3O4S. The summed E-state index contributed by atoms with van der Waals surface area (Å²) in [5, 5.41) is 25.4. The summed E-state index contributed by atoms with van der Waals surface area (Å²) < 4.78 is 25.4. The number of sulfonamides is 1. The number of benzene rings is 3. The summed E-state index contributed by atoms with van der Waals surface area (Å²) >= 11 is 0. The van der Waals surface area contributed by atoms with Crippen molar-refractivity contribution in [1.82, 2.24) is 10.3 Å². The van der Waals surface area contributed by atoms with Gasteiger partial charge < -0.3 is 15.5 Å². The number of rotatable bonds is 9. The number of aliphatic hydroxyl groups is 1. The Hall–Kier alpha value is -3.46. The van der Waals surface area contributed by atoms with E-state index in [0.29, 0.717) is 12.0 Å². The molecule has 0 amide bonds. The first-order chi connectivity index (χ1) is 16.3. The van der Waals surface area contributed by atoms with Crippen LogP contribution in [0, 0.1) is 0 Å². The van der Waals surface area contributed by atoms with Crippen LogP contribution >= 0.6 is 0 Å². The second-order valence-electron chi connectivity index (χ2n) is 8.23. The van der Waals surface area contributed by atoms with Crippen LogP contribution in [0.3, 0.4) is 0 Å². The van der Waals surface area contributed by atoms with Gasteiger partial charge in [-0.15, -0.1) is 0 Å². The predicted molar refractivity (Wildman–Crippen MR) is 134 cm³/mol. The molecular weight excluding hydrogens is 450 g/mol. The van der Waals surface area contributed by atoms with E-state index in [-0.39, 0.29) is 24.0 Å². The molecule has 34 heavy (non-hydrogen) atoms. The van der Waals surface area contributed by atoms with Gasteiger partial charge in [-0.05, 0) is 47.4 Å². The van der Waals surface area contributed by atoms with Crippen LogP contribution in [0.4, 0.5) is 5.69 Å². The summed E-state index contributed by atoms with van der Waals surface area (Å²) in [6.07, 6.45) is 2.58. The van der Waals surface area contributed by atoms with Crippen molar-refractivity contribution >= 4 is 26.6 Å². The van der Waals surface area contributed by atoms with E-state index in [0.717, 1.165) is 28.3 Å². The molecule has 7 nitrogen and oxygen atoms in total. The van der Waals surface area contributed by atoms with Gasteiger partial charge in [0, 0.05) is 24.2 Å². The van der Waals surface area contributed by atoms with E-state index in [4.69, 9.17) is 0 Å². The zero-order chi connectivity index (χ0) is 24.1. The number of hydrogen-bond donors (Lipinski definition) is 4. The monoisotopic (exact) mass is 477 g/mol. The number of anilines is 1.